The van der Waals surface area contributed by atoms with Crippen LogP contribution in [0, 0.1) is 10.1 Å². The van der Waals surface area contributed by atoms with Gasteiger partial charge in [0.25, 0.3) is 5.69 Å². The van der Waals surface area contributed by atoms with Crippen LogP contribution in [-0.2, 0) is 11.2 Å². The zero-order valence-electron chi connectivity index (χ0n) is 24.8. The van der Waals surface area contributed by atoms with Crippen molar-refractivity contribution in [1.29, 1.82) is 0 Å². The number of rotatable bonds is 6. The number of nitro benzene ring substituents is 1. The van der Waals surface area contributed by atoms with Gasteiger partial charge in [0.1, 0.15) is 0 Å². The van der Waals surface area contributed by atoms with E-state index >= 15 is 0 Å². The lowest BCUT2D eigenvalue weighted by atomic mass is 9.86. The fraction of sp³-hybridized carbons (Fsp3) is 0.184. The van der Waals surface area contributed by atoms with Gasteiger partial charge < -0.3 is 9.80 Å². The van der Waals surface area contributed by atoms with E-state index in [2.05, 4.69) is 78.6 Å². The van der Waals surface area contributed by atoms with Crippen LogP contribution in [0.2, 0.25) is 0 Å². The summed E-state index contributed by atoms with van der Waals surface area (Å²) >= 11 is 0. The maximum Gasteiger partial charge on any atom is 0.269 e. The highest BCUT2D eigenvalue weighted by atomic mass is 16.6. The van der Waals surface area contributed by atoms with Crippen molar-refractivity contribution in [3.8, 4) is 0 Å². The summed E-state index contributed by atoms with van der Waals surface area (Å²) in [7, 11) is 0. The van der Waals surface area contributed by atoms with E-state index < -0.39 is 0 Å². The highest BCUT2D eigenvalue weighted by Crippen LogP contribution is 2.44. The zero-order valence-corrected chi connectivity index (χ0v) is 24.8. The number of para-hydroxylation sites is 1. The summed E-state index contributed by atoms with van der Waals surface area (Å²) in [5, 5.41) is 19.2. The molecule has 0 N–H and O–H groups in total. The van der Waals surface area contributed by atoms with Gasteiger partial charge in [0.15, 0.2) is 0 Å². The topological polar surface area (TPSA) is 66.7 Å². The van der Waals surface area contributed by atoms with Crippen LogP contribution < -0.4 is 9.80 Å². The summed E-state index contributed by atoms with van der Waals surface area (Å²) in [6, 6.07) is 38.6. The average Bonchev–Trinajstić information content (AvgIpc) is 3.04. The Morgan fingerprint density at radius 2 is 1.50 bits per heavy atom. The molecule has 1 heterocycles. The van der Waals surface area contributed by atoms with Crippen LogP contribution in [0.5, 0.6) is 0 Å². The van der Waals surface area contributed by atoms with Gasteiger partial charge in [0, 0.05) is 48.6 Å². The van der Waals surface area contributed by atoms with Crippen molar-refractivity contribution < 1.29 is 9.72 Å². The summed E-state index contributed by atoms with van der Waals surface area (Å²) in [5.74, 6) is -0.0903. The number of likely N-dealkylation sites (N-methyl/N-ethyl adjacent to an activating group) is 1. The predicted octanol–water partition coefficient (Wildman–Crippen LogP) is 8.99. The van der Waals surface area contributed by atoms with Crippen molar-refractivity contribution in [2.24, 2.45) is 0 Å². The van der Waals surface area contributed by atoms with E-state index in [-0.39, 0.29) is 28.6 Å². The molecule has 7 rings (SSSR count). The summed E-state index contributed by atoms with van der Waals surface area (Å²) in [4.78, 5) is 28.8. The quantitative estimate of drug-likeness (QED) is 0.112. The fourth-order valence-electron chi connectivity index (χ4n) is 7.21. The summed E-state index contributed by atoms with van der Waals surface area (Å²) in [6.45, 7) is 4.44. The Labute approximate surface area is 256 Å². The lowest BCUT2D eigenvalue weighted by Crippen LogP contribution is -2.47. The van der Waals surface area contributed by atoms with Crippen molar-refractivity contribution in [2.75, 3.05) is 16.3 Å². The molecule has 0 aliphatic carbocycles. The standard InChI is InChI=1S/C38H33N3O3/c1-3-39-31(22-26-13-17-33-28(21-26)15-19-34-32-12-8-7-9-27(32)14-18-35(33)34)24-38(36-23-30(41(43)44)16-20-37(36)39)40(25(2)42)29-10-5-4-6-11-29/h4-21,23,31,38H,3,22,24H2,1-2H3. The van der Waals surface area contributed by atoms with E-state index in [1.165, 1.54) is 37.9 Å². The number of fused-ring (bicyclic) bond motifs is 6. The minimum absolute atomic E-state index is 0.0364. The van der Waals surface area contributed by atoms with Crippen LogP contribution in [0.15, 0.2) is 115 Å². The average molecular weight is 580 g/mol. The molecule has 0 spiro atoms. The molecule has 2 unspecified atom stereocenters. The molecule has 0 saturated carbocycles. The molecule has 6 nitrogen and oxygen atoms in total. The Morgan fingerprint density at radius 3 is 2.23 bits per heavy atom. The minimum atomic E-state index is -0.359. The highest BCUT2D eigenvalue weighted by molar-refractivity contribution is 6.17. The number of nitrogens with zero attached hydrogens (tertiary/aromatic N) is 3. The molecule has 6 aromatic carbocycles. The van der Waals surface area contributed by atoms with Crippen LogP contribution in [0.4, 0.5) is 17.1 Å². The Hall–Kier alpha value is -5.23. The van der Waals surface area contributed by atoms with Crippen LogP contribution >= 0.6 is 0 Å². The van der Waals surface area contributed by atoms with Gasteiger partial charge in [-0.05, 0) is 75.8 Å². The first-order valence-corrected chi connectivity index (χ1v) is 15.2. The number of benzene rings is 6. The van der Waals surface area contributed by atoms with Crippen molar-refractivity contribution in [3.63, 3.8) is 0 Å². The molecular formula is C38H33N3O3. The second-order valence-corrected chi connectivity index (χ2v) is 11.6. The lowest BCUT2D eigenvalue weighted by molar-refractivity contribution is -0.384. The Balaban J connectivity index is 1.30. The molecule has 1 aliphatic heterocycles. The SMILES string of the molecule is CCN1c2ccc([N+](=O)[O-])cc2C(N(C(C)=O)c2ccccc2)CC1Cc1ccc2c(ccc3c4ccccc4ccc23)c1. The largest absolute Gasteiger partial charge is 0.368 e. The third-order valence-electron chi connectivity index (χ3n) is 9.13. The van der Waals surface area contributed by atoms with Crippen LogP contribution in [0.3, 0.4) is 0 Å². The third-order valence-corrected chi connectivity index (χ3v) is 9.13. The lowest BCUT2D eigenvalue weighted by Gasteiger charge is -2.45. The zero-order chi connectivity index (χ0) is 30.4. The first-order chi connectivity index (χ1) is 21.4. The molecular weight excluding hydrogens is 546 g/mol. The molecule has 0 radical (unpaired) electrons. The molecule has 1 aliphatic rings. The van der Waals surface area contributed by atoms with Crippen molar-refractivity contribution in [3.05, 3.63) is 137 Å². The Morgan fingerprint density at radius 1 is 0.818 bits per heavy atom. The van der Waals surface area contributed by atoms with E-state index in [0.717, 1.165) is 29.9 Å². The van der Waals surface area contributed by atoms with Crippen molar-refractivity contribution in [1.82, 2.24) is 0 Å². The normalized spacial score (nSPS) is 16.3. The van der Waals surface area contributed by atoms with Gasteiger partial charge in [0.05, 0.1) is 11.0 Å². The number of carbonyl (C=O) groups is 1. The van der Waals surface area contributed by atoms with Gasteiger partial charge in [-0.2, -0.15) is 0 Å². The van der Waals surface area contributed by atoms with E-state index in [0.29, 0.717) is 6.42 Å². The molecule has 0 saturated heterocycles. The maximum absolute atomic E-state index is 13.2. The van der Waals surface area contributed by atoms with Crippen molar-refractivity contribution >= 4 is 55.3 Å². The van der Waals surface area contributed by atoms with E-state index in [1.54, 1.807) is 24.0 Å². The number of non-ortho nitro benzene ring substituents is 1. The molecule has 0 fully saturated rings. The van der Waals surface area contributed by atoms with Gasteiger partial charge in [-0.15, -0.1) is 0 Å². The molecule has 0 aromatic heterocycles. The molecule has 6 heteroatoms. The highest BCUT2D eigenvalue weighted by Gasteiger charge is 2.37. The molecule has 6 aromatic rings. The number of nitro groups is 1. The number of hydrogen-bond donors (Lipinski definition) is 0. The molecule has 218 valence electrons. The van der Waals surface area contributed by atoms with Gasteiger partial charge in [-0.3, -0.25) is 14.9 Å². The van der Waals surface area contributed by atoms with E-state index in [4.69, 9.17) is 0 Å². The van der Waals surface area contributed by atoms with Gasteiger partial charge in [-0.1, -0.05) is 84.9 Å². The fourth-order valence-corrected chi connectivity index (χ4v) is 7.21. The Kier molecular flexibility index (Phi) is 6.97. The van der Waals surface area contributed by atoms with Gasteiger partial charge >= 0.3 is 0 Å². The number of amides is 1. The number of carbonyl (C=O) groups excluding carboxylic acids is 1. The van der Waals surface area contributed by atoms with Crippen LogP contribution in [0.25, 0.3) is 32.3 Å². The second kappa shape index (κ2) is 11.1. The number of hydrogen-bond acceptors (Lipinski definition) is 4. The van der Waals surface area contributed by atoms with E-state index in [1.807, 2.05) is 36.4 Å². The Bertz CT molecular complexity index is 2060. The smallest absolute Gasteiger partial charge is 0.269 e. The minimum Gasteiger partial charge on any atom is -0.368 e. The van der Waals surface area contributed by atoms with Gasteiger partial charge in [0.2, 0.25) is 5.91 Å². The summed E-state index contributed by atoms with van der Waals surface area (Å²) < 4.78 is 0. The van der Waals surface area contributed by atoms with Crippen molar-refractivity contribution in [2.45, 2.75) is 38.8 Å². The second-order valence-electron chi connectivity index (χ2n) is 11.6. The first-order valence-electron chi connectivity index (χ1n) is 15.2. The van der Waals surface area contributed by atoms with E-state index in [9.17, 15) is 14.9 Å². The third kappa shape index (κ3) is 4.73. The monoisotopic (exact) mass is 579 g/mol. The maximum atomic E-state index is 13.2. The van der Waals surface area contributed by atoms with Crippen LogP contribution in [-0.4, -0.2) is 23.4 Å². The molecule has 0 bridgehead atoms. The molecule has 1 amide bonds. The summed E-state index contributed by atoms with van der Waals surface area (Å²) in [6.07, 6.45) is 1.44. The predicted molar refractivity (Wildman–Crippen MR) is 180 cm³/mol. The molecule has 44 heavy (non-hydrogen) atoms. The number of anilines is 2. The first kappa shape index (κ1) is 27.6. The molecule has 2 atom stereocenters. The van der Waals surface area contributed by atoms with Crippen LogP contribution in [0.1, 0.15) is 37.4 Å². The summed E-state index contributed by atoms with van der Waals surface area (Å²) in [5.41, 5.74) is 3.80. The van der Waals surface area contributed by atoms with Gasteiger partial charge in [-0.25, -0.2) is 0 Å².